The van der Waals surface area contributed by atoms with E-state index in [2.05, 4.69) is 20.3 Å². The summed E-state index contributed by atoms with van der Waals surface area (Å²) in [5.74, 6) is 0.781. The number of anilines is 2. The molecule has 0 aliphatic heterocycles. The zero-order valence-corrected chi connectivity index (χ0v) is 9.04. The van der Waals surface area contributed by atoms with E-state index in [1.54, 1.807) is 12.4 Å². The smallest absolute Gasteiger partial charge is 0.133 e. The summed E-state index contributed by atoms with van der Waals surface area (Å²) in [6.45, 7) is 0. The molecular formula is C13H10N4. The second-order valence-electron chi connectivity index (χ2n) is 3.63. The van der Waals surface area contributed by atoms with E-state index in [-0.39, 0.29) is 0 Å². The molecule has 0 unspecified atom stereocenters. The standard InChI is InChI=1S/C13H10N4/c1-2-10-8-11(3-4-12(10)15-6-1)17-13-5-7-14-9-16-13/h1-9H,(H,14,16,17). The lowest BCUT2D eigenvalue weighted by Crippen LogP contribution is -1.93. The fourth-order valence-electron chi connectivity index (χ4n) is 1.67. The van der Waals surface area contributed by atoms with E-state index in [9.17, 15) is 0 Å². The Morgan fingerprint density at radius 3 is 2.82 bits per heavy atom. The minimum absolute atomic E-state index is 0.781. The van der Waals surface area contributed by atoms with Crippen LogP contribution in [0.25, 0.3) is 10.9 Å². The minimum Gasteiger partial charge on any atom is -0.340 e. The maximum atomic E-state index is 4.28. The van der Waals surface area contributed by atoms with Gasteiger partial charge >= 0.3 is 0 Å². The first-order valence-electron chi connectivity index (χ1n) is 5.30. The number of hydrogen-bond acceptors (Lipinski definition) is 4. The van der Waals surface area contributed by atoms with Gasteiger partial charge in [0.1, 0.15) is 12.1 Å². The van der Waals surface area contributed by atoms with Crippen molar-refractivity contribution in [2.45, 2.75) is 0 Å². The van der Waals surface area contributed by atoms with Gasteiger partial charge in [0.15, 0.2) is 0 Å². The molecule has 0 atom stereocenters. The molecule has 0 radical (unpaired) electrons. The van der Waals surface area contributed by atoms with E-state index >= 15 is 0 Å². The number of hydrogen-bond donors (Lipinski definition) is 1. The Hall–Kier alpha value is -2.49. The molecule has 0 amide bonds. The first-order valence-corrected chi connectivity index (χ1v) is 5.30. The van der Waals surface area contributed by atoms with Crippen LogP contribution in [0.3, 0.4) is 0 Å². The van der Waals surface area contributed by atoms with Crippen molar-refractivity contribution in [2.24, 2.45) is 0 Å². The van der Waals surface area contributed by atoms with E-state index in [1.165, 1.54) is 6.33 Å². The first-order chi connectivity index (χ1) is 8.42. The lowest BCUT2D eigenvalue weighted by molar-refractivity contribution is 1.17. The maximum Gasteiger partial charge on any atom is 0.133 e. The van der Waals surface area contributed by atoms with Gasteiger partial charge in [0, 0.05) is 23.5 Å². The maximum absolute atomic E-state index is 4.28. The summed E-state index contributed by atoms with van der Waals surface area (Å²) < 4.78 is 0. The van der Waals surface area contributed by atoms with Gasteiger partial charge < -0.3 is 5.32 Å². The van der Waals surface area contributed by atoms with E-state index in [1.807, 2.05) is 36.4 Å². The lowest BCUT2D eigenvalue weighted by Gasteiger charge is -2.05. The van der Waals surface area contributed by atoms with Crippen molar-refractivity contribution < 1.29 is 0 Å². The van der Waals surface area contributed by atoms with Crippen LogP contribution in [0.1, 0.15) is 0 Å². The minimum atomic E-state index is 0.781. The Morgan fingerprint density at radius 1 is 0.941 bits per heavy atom. The summed E-state index contributed by atoms with van der Waals surface area (Å²) in [5, 5.41) is 4.32. The van der Waals surface area contributed by atoms with E-state index in [0.29, 0.717) is 0 Å². The third-order valence-electron chi connectivity index (χ3n) is 2.46. The molecule has 17 heavy (non-hydrogen) atoms. The van der Waals surface area contributed by atoms with E-state index in [0.717, 1.165) is 22.4 Å². The summed E-state index contributed by atoms with van der Waals surface area (Å²) in [7, 11) is 0. The molecule has 2 heterocycles. The molecular weight excluding hydrogens is 212 g/mol. The third kappa shape index (κ3) is 2.06. The Morgan fingerprint density at radius 2 is 1.94 bits per heavy atom. The molecule has 0 fully saturated rings. The molecule has 3 aromatic rings. The van der Waals surface area contributed by atoms with Crippen molar-refractivity contribution in [1.29, 1.82) is 0 Å². The molecule has 0 saturated carbocycles. The molecule has 0 aliphatic carbocycles. The van der Waals surface area contributed by atoms with Gasteiger partial charge in [0.05, 0.1) is 5.52 Å². The van der Waals surface area contributed by atoms with Crippen LogP contribution in [0.15, 0.2) is 55.1 Å². The highest BCUT2D eigenvalue weighted by atomic mass is 15.0. The van der Waals surface area contributed by atoms with Crippen LogP contribution in [0.2, 0.25) is 0 Å². The van der Waals surface area contributed by atoms with Gasteiger partial charge in [-0.15, -0.1) is 0 Å². The average molecular weight is 222 g/mol. The van der Waals surface area contributed by atoms with Gasteiger partial charge in [0.25, 0.3) is 0 Å². The fraction of sp³-hybridized carbons (Fsp3) is 0. The predicted octanol–water partition coefficient (Wildman–Crippen LogP) is 2.77. The number of nitrogens with one attached hydrogen (secondary N) is 1. The highest BCUT2D eigenvalue weighted by molar-refractivity contribution is 5.82. The Balaban J connectivity index is 1.96. The topological polar surface area (TPSA) is 50.7 Å². The van der Waals surface area contributed by atoms with Gasteiger partial charge in [-0.1, -0.05) is 6.07 Å². The van der Waals surface area contributed by atoms with Crippen molar-refractivity contribution in [3.05, 3.63) is 55.1 Å². The molecule has 0 saturated heterocycles. The van der Waals surface area contributed by atoms with E-state index < -0.39 is 0 Å². The van der Waals surface area contributed by atoms with Gasteiger partial charge in [-0.05, 0) is 30.3 Å². The summed E-state index contributed by atoms with van der Waals surface area (Å²) in [4.78, 5) is 12.3. The van der Waals surface area contributed by atoms with Gasteiger partial charge in [-0.2, -0.15) is 0 Å². The second kappa shape index (κ2) is 4.17. The molecule has 0 aliphatic rings. The molecule has 0 bridgehead atoms. The van der Waals surface area contributed by atoms with Gasteiger partial charge in [0.2, 0.25) is 0 Å². The summed E-state index contributed by atoms with van der Waals surface area (Å²) in [6, 6.07) is 11.8. The third-order valence-corrected chi connectivity index (χ3v) is 2.46. The molecule has 4 nitrogen and oxygen atoms in total. The SMILES string of the molecule is c1cnc2ccc(Nc3ccncn3)cc2c1. The van der Waals surface area contributed by atoms with Crippen LogP contribution < -0.4 is 5.32 Å². The van der Waals surface area contributed by atoms with Crippen LogP contribution in [-0.4, -0.2) is 15.0 Å². The van der Waals surface area contributed by atoms with E-state index in [4.69, 9.17) is 0 Å². The molecule has 1 aromatic carbocycles. The number of aromatic nitrogens is 3. The Bertz CT molecular complexity index is 637. The zero-order valence-electron chi connectivity index (χ0n) is 9.04. The molecule has 4 heteroatoms. The van der Waals surface area contributed by atoms with Crippen LogP contribution >= 0.6 is 0 Å². The monoisotopic (exact) mass is 222 g/mol. The van der Waals surface area contributed by atoms with Crippen LogP contribution in [0.4, 0.5) is 11.5 Å². The summed E-state index contributed by atoms with van der Waals surface area (Å²) in [6.07, 6.45) is 5.02. The van der Waals surface area contributed by atoms with Crippen molar-refractivity contribution in [3.63, 3.8) is 0 Å². The fourth-order valence-corrected chi connectivity index (χ4v) is 1.67. The zero-order chi connectivity index (χ0) is 11.5. The van der Waals surface area contributed by atoms with Gasteiger partial charge in [-0.3, -0.25) is 4.98 Å². The molecule has 82 valence electrons. The normalized spacial score (nSPS) is 10.4. The van der Waals surface area contributed by atoms with Crippen LogP contribution in [0.5, 0.6) is 0 Å². The number of benzene rings is 1. The number of pyridine rings is 1. The highest BCUT2D eigenvalue weighted by Crippen LogP contribution is 2.19. The number of nitrogens with zero attached hydrogens (tertiary/aromatic N) is 3. The number of rotatable bonds is 2. The quantitative estimate of drug-likeness (QED) is 0.724. The van der Waals surface area contributed by atoms with Gasteiger partial charge in [-0.25, -0.2) is 9.97 Å². The predicted molar refractivity (Wildman–Crippen MR) is 67.1 cm³/mol. The molecule has 2 aromatic heterocycles. The van der Waals surface area contributed by atoms with Crippen molar-refractivity contribution >= 4 is 22.4 Å². The largest absolute Gasteiger partial charge is 0.340 e. The average Bonchev–Trinajstić information content (AvgIpc) is 2.40. The Kier molecular flexibility index (Phi) is 2.38. The van der Waals surface area contributed by atoms with Crippen molar-refractivity contribution in [2.75, 3.05) is 5.32 Å². The molecule has 0 spiro atoms. The van der Waals surface area contributed by atoms with Crippen molar-refractivity contribution in [1.82, 2.24) is 15.0 Å². The van der Waals surface area contributed by atoms with Crippen LogP contribution in [0, 0.1) is 0 Å². The summed E-state index contributed by atoms with van der Waals surface area (Å²) >= 11 is 0. The summed E-state index contributed by atoms with van der Waals surface area (Å²) in [5.41, 5.74) is 1.98. The lowest BCUT2D eigenvalue weighted by atomic mass is 10.2. The second-order valence-corrected chi connectivity index (χ2v) is 3.63. The number of fused-ring (bicyclic) bond motifs is 1. The first kappa shape index (κ1) is 9.72. The molecule has 1 N–H and O–H groups in total. The van der Waals surface area contributed by atoms with Crippen molar-refractivity contribution in [3.8, 4) is 0 Å². The molecule has 3 rings (SSSR count). The highest BCUT2D eigenvalue weighted by Gasteiger charge is 1.97. The van der Waals surface area contributed by atoms with Crippen LogP contribution in [-0.2, 0) is 0 Å². The Labute approximate surface area is 98.4 Å².